The molecule has 0 spiro atoms. The number of hydrogen-bond donors (Lipinski definition) is 1. The molecule has 0 saturated carbocycles. The summed E-state index contributed by atoms with van der Waals surface area (Å²) < 4.78 is 10.6. The molecule has 0 aliphatic heterocycles. The maximum absolute atomic E-state index is 9.67. The highest BCUT2D eigenvalue weighted by Crippen LogP contribution is 2.37. The molecule has 0 heterocycles. The van der Waals surface area contributed by atoms with Gasteiger partial charge in [0, 0.05) is 6.04 Å². The van der Waals surface area contributed by atoms with Gasteiger partial charge in [-0.1, -0.05) is 13.0 Å². The van der Waals surface area contributed by atoms with Crippen LogP contribution in [0.2, 0.25) is 0 Å². The van der Waals surface area contributed by atoms with E-state index in [4.69, 9.17) is 15.2 Å². The van der Waals surface area contributed by atoms with E-state index in [-0.39, 0.29) is 6.04 Å². The summed E-state index contributed by atoms with van der Waals surface area (Å²) in [6.07, 6.45) is 2.30. The van der Waals surface area contributed by atoms with Gasteiger partial charge in [-0.3, -0.25) is 0 Å². The van der Waals surface area contributed by atoms with Gasteiger partial charge in [-0.2, -0.15) is 5.26 Å². The number of benzene rings is 1. The minimum absolute atomic E-state index is 0.0921. The molecule has 0 bridgehead atoms. The Labute approximate surface area is 121 Å². The van der Waals surface area contributed by atoms with Crippen LogP contribution in [0.15, 0.2) is 18.2 Å². The van der Waals surface area contributed by atoms with Gasteiger partial charge < -0.3 is 15.2 Å². The fraction of sp³-hybridized carbons (Fsp3) is 0.562. The van der Waals surface area contributed by atoms with E-state index < -0.39 is 5.41 Å². The van der Waals surface area contributed by atoms with E-state index in [1.54, 1.807) is 14.2 Å². The Kier molecular flexibility index (Phi) is 5.84. The van der Waals surface area contributed by atoms with Crippen LogP contribution in [0.1, 0.15) is 38.7 Å². The summed E-state index contributed by atoms with van der Waals surface area (Å²) in [6.45, 7) is 3.99. The van der Waals surface area contributed by atoms with Gasteiger partial charge in [0.05, 0.1) is 25.7 Å². The third-order valence-electron chi connectivity index (χ3n) is 3.78. The normalized spacial score (nSPS) is 15.0. The number of nitriles is 1. The van der Waals surface area contributed by atoms with E-state index in [0.717, 1.165) is 24.8 Å². The molecule has 1 aromatic carbocycles. The molecule has 0 aliphatic carbocycles. The molecule has 0 radical (unpaired) electrons. The van der Waals surface area contributed by atoms with E-state index in [1.807, 2.05) is 32.0 Å². The average molecular weight is 276 g/mol. The van der Waals surface area contributed by atoms with E-state index in [1.165, 1.54) is 0 Å². The third-order valence-corrected chi connectivity index (χ3v) is 3.78. The molecule has 0 saturated heterocycles. The quantitative estimate of drug-likeness (QED) is 0.831. The molecule has 0 fully saturated rings. The van der Waals surface area contributed by atoms with E-state index in [0.29, 0.717) is 11.5 Å². The Morgan fingerprint density at radius 3 is 2.40 bits per heavy atom. The van der Waals surface area contributed by atoms with E-state index in [9.17, 15) is 5.26 Å². The van der Waals surface area contributed by atoms with Crippen molar-refractivity contribution in [3.05, 3.63) is 23.8 Å². The first-order chi connectivity index (χ1) is 9.52. The Morgan fingerprint density at radius 1 is 1.30 bits per heavy atom. The van der Waals surface area contributed by atoms with Gasteiger partial charge >= 0.3 is 0 Å². The van der Waals surface area contributed by atoms with Crippen molar-refractivity contribution >= 4 is 0 Å². The molecule has 4 heteroatoms. The smallest absolute Gasteiger partial charge is 0.161 e. The van der Waals surface area contributed by atoms with Crippen molar-refractivity contribution in [2.75, 3.05) is 14.2 Å². The van der Waals surface area contributed by atoms with Crippen molar-refractivity contribution < 1.29 is 9.47 Å². The lowest BCUT2D eigenvalue weighted by Crippen LogP contribution is -2.27. The number of hydrogen-bond acceptors (Lipinski definition) is 4. The molecule has 0 aliphatic rings. The molecule has 1 aromatic rings. The first kappa shape index (κ1) is 16.3. The predicted molar refractivity (Wildman–Crippen MR) is 80.0 cm³/mol. The van der Waals surface area contributed by atoms with Gasteiger partial charge in [0.15, 0.2) is 11.5 Å². The third kappa shape index (κ3) is 3.43. The summed E-state index contributed by atoms with van der Waals surface area (Å²) in [7, 11) is 3.20. The fourth-order valence-electron chi connectivity index (χ4n) is 2.33. The highest BCUT2D eigenvalue weighted by atomic mass is 16.5. The minimum atomic E-state index is -0.521. The molecule has 4 nitrogen and oxygen atoms in total. The molecular weight excluding hydrogens is 252 g/mol. The lowest BCUT2D eigenvalue weighted by Gasteiger charge is -2.27. The fourth-order valence-corrected chi connectivity index (χ4v) is 2.33. The summed E-state index contributed by atoms with van der Waals surface area (Å²) in [6, 6.07) is 8.25. The van der Waals surface area contributed by atoms with Gasteiger partial charge in [0.1, 0.15) is 0 Å². The van der Waals surface area contributed by atoms with Gasteiger partial charge in [-0.15, -0.1) is 0 Å². The van der Waals surface area contributed by atoms with Crippen LogP contribution in [-0.4, -0.2) is 20.3 Å². The maximum Gasteiger partial charge on any atom is 0.161 e. The number of ether oxygens (including phenoxy) is 2. The van der Waals surface area contributed by atoms with Crippen molar-refractivity contribution in [3.8, 4) is 17.6 Å². The SMILES string of the molecule is CCC(C#N)(CCC(C)N)c1ccc(OC)c(OC)c1. The van der Waals surface area contributed by atoms with Crippen LogP contribution in [0.4, 0.5) is 0 Å². The molecule has 110 valence electrons. The molecule has 0 aromatic heterocycles. The lowest BCUT2D eigenvalue weighted by molar-refractivity contribution is 0.352. The molecule has 20 heavy (non-hydrogen) atoms. The van der Waals surface area contributed by atoms with Crippen LogP contribution in [-0.2, 0) is 5.41 Å². The zero-order valence-corrected chi connectivity index (χ0v) is 12.8. The van der Waals surface area contributed by atoms with Crippen molar-refractivity contribution in [2.45, 2.75) is 44.6 Å². The molecule has 0 amide bonds. The number of nitrogens with zero attached hydrogens (tertiary/aromatic N) is 1. The monoisotopic (exact) mass is 276 g/mol. The molecular formula is C16H24N2O2. The van der Waals surface area contributed by atoms with Gasteiger partial charge in [0.25, 0.3) is 0 Å². The largest absolute Gasteiger partial charge is 0.493 e. The minimum Gasteiger partial charge on any atom is -0.493 e. The van der Waals surface area contributed by atoms with Crippen molar-refractivity contribution in [2.24, 2.45) is 5.73 Å². The Morgan fingerprint density at radius 2 is 1.95 bits per heavy atom. The van der Waals surface area contributed by atoms with Crippen LogP contribution in [0.5, 0.6) is 11.5 Å². The second-order valence-electron chi connectivity index (χ2n) is 5.13. The van der Waals surface area contributed by atoms with Crippen LogP contribution in [0.3, 0.4) is 0 Å². The Balaban J connectivity index is 3.18. The van der Waals surface area contributed by atoms with Crippen molar-refractivity contribution in [1.82, 2.24) is 0 Å². The second-order valence-corrected chi connectivity index (χ2v) is 5.13. The first-order valence-electron chi connectivity index (χ1n) is 6.92. The van der Waals surface area contributed by atoms with Gasteiger partial charge in [-0.05, 0) is 43.9 Å². The molecule has 2 atom stereocenters. The Bertz CT molecular complexity index is 480. The zero-order valence-electron chi connectivity index (χ0n) is 12.8. The summed E-state index contributed by atoms with van der Waals surface area (Å²) in [4.78, 5) is 0. The first-order valence-corrected chi connectivity index (χ1v) is 6.92. The van der Waals surface area contributed by atoms with Crippen molar-refractivity contribution in [1.29, 1.82) is 5.26 Å². The standard InChI is InChI=1S/C16H24N2O2/c1-5-16(11-17,9-8-12(2)18)13-6-7-14(19-3)15(10-13)20-4/h6-7,10,12H,5,8-9,18H2,1-4H3. The predicted octanol–water partition coefficient (Wildman–Crippen LogP) is 3.00. The number of nitrogens with two attached hydrogens (primary N) is 1. The van der Waals surface area contributed by atoms with E-state index in [2.05, 4.69) is 6.07 Å². The van der Waals surface area contributed by atoms with Crippen LogP contribution < -0.4 is 15.2 Å². The number of methoxy groups -OCH3 is 2. The maximum atomic E-state index is 9.67. The molecule has 2 unspecified atom stereocenters. The average Bonchev–Trinajstić information content (AvgIpc) is 2.48. The lowest BCUT2D eigenvalue weighted by atomic mass is 9.75. The Hall–Kier alpha value is -1.73. The van der Waals surface area contributed by atoms with Crippen molar-refractivity contribution in [3.63, 3.8) is 0 Å². The van der Waals surface area contributed by atoms with E-state index >= 15 is 0 Å². The summed E-state index contributed by atoms with van der Waals surface area (Å²) >= 11 is 0. The zero-order chi connectivity index (χ0) is 15.2. The summed E-state index contributed by atoms with van der Waals surface area (Å²) in [5.41, 5.74) is 6.27. The van der Waals surface area contributed by atoms with Gasteiger partial charge in [-0.25, -0.2) is 0 Å². The highest BCUT2D eigenvalue weighted by molar-refractivity contribution is 5.47. The molecule has 2 N–H and O–H groups in total. The number of rotatable bonds is 7. The summed E-state index contributed by atoms with van der Waals surface area (Å²) in [5, 5.41) is 9.67. The summed E-state index contributed by atoms with van der Waals surface area (Å²) in [5.74, 6) is 1.32. The topological polar surface area (TPSA) is 68.3 Å². The molecule has 1 rings (SSSR count). The second kappa shape index (κ2) is 7.16. The van der Waals surface area contributed by atoms with Crippen LogP contribution in [0, 0.1) is 11.3 Å². The van der Waals surface area contributed by atoms with Crippen LogP contribution in [0.25, 0.3) is 0 Å². The highest BCUT2D eigenvalue weighted by Gasteiger charge is 2.31. The van der Waals surface area contributed by atoms with Crippen LogP contribution >= 0.6 is 0 Å². The van der Waals surface area contributed by atoms with Gasteiger partial charge in [0.2, 0.25) is 0 Å².